The van der Waals surface area contributed by atoms with Gasteiger partial charge in [-0.2, -0.15) is 11.8 Å². The molecule has 1 aromatic carbocycles. The van der Waals surface area contributed by atoms with E-state index in [9.17, 15) is 0 Å². The Morgan fingerprint density at radius 3 is 2.89 bits per heavy atom. The summed E-state index contributed by atoms with van der Waals surface area (Å²) in [5, 5.41) is 3.71. The van der Waals surface area contributed by atoms with Crippen molar-refractivity contribution in [3.8, 4) is 0 Å². The molecular weight excluding hydrogens is 238 g/mol. The fourth-order valence-electron chi connectivity index (χ4n) is 2.79. The van der Waals surface area contributed by atoms with Crippen LogP contribution in [0.15, 0.2) is 18.2 Å². The Hall–Kier alpha value is -0.470. The molecule has 0 aliphatic carbocycles. The molecular formula is C16H25NS. The van der Waals surface area contributed by atoms with Gasteiger partial charge in [-0.3, -0.25) is 0 Å². The Labute approximate surface area is 116 Å². The summed E-state index contributed by atoms with van der Waals surface area (Å²) >= 11 is 2.11. The van der Waals surface area contributed by atoms with Crippen LogP contribution in [0.25, 0.3) is 0 Å². The Balaban J connectivity index is 2.09. The minimum absolute atomic E-state index is 0.658. The van der Waals surface area contributed by atoms with Crippen molar-refractivity contribution in [2.24, 2.45) is 5.92 Å². The first kappa shape index (κ1) is 14.0. The van der Waals surface area contributed by atoms with Gasteiger partial charge in [0.1, 0.15) is 0 Å². The monoisotopic (exact) mass is 263 g/mol. The lowest BCUT2D eigenvalue weighted by molar-refractivity contribution is 0.386. The van der Waals surface area contributed by atoms with E-state index in [0.29, 0.717) is 6.04 Å². The molecule has 0 aromatic heterocycles. The number of nitrogens with one attached hydrogen (secondary N) is 1. The topological polar surface area (TPSA) is 12.0 Å². The molecule has 0 saturated carbocycles. The van der Waals surface area contributed by atoms with Crippen LogP contribution in [-0.2, 0) is 6.42 Å². The Bertz CT molecular complexity index is 383. The highest BCUT2D eigenvalue weighted by atomic mass is 32.2. The zero-order valence-electron chi connectivity index (χ0n) is 11.8. The molecule has 2 rings (SSSR count). The number of thioether (sulfide) groups is 1. The molecule has 0 bridgehead atoms. The molecule has 1 fully saturated rings. The maximum absolute atomic E-state index is 3.71. The molecule has 2 heteroatoms. The third kappa shape index (κ3) is 3.52. The van der Waals surface area contributed by atoms with Gasteiger partial charge >= 0.3 is 0 Å². The van der Waals surface area contributed by atoms with Crippen molar-refractivity contribution in [2.75, 3.05) is 18.1 Å². The summed E-state index contributed by atoms with van der Waals surface area (Å²) in [7, 11) is 0. The molecule has 100 valence electrons. The van der Waals surface area contributed by atoms with Crippen molar-refractivity contribution in [2.45, 2.75) is 39.7 Å². The fraction of sp³-hybridized carbons (Fsp3) is 0.625. The number of benzene rings is 1. The molecule has 1 aromatic rings. The summed E-state index contributed by atoms with van der Waals surface area (Å²) in [4.78, 5) is 0. The Morgan fingerprint density at radius 1 is 1.39 bits per heavy atom. The van der Waals surface area contributed by atoms with E-state index >= 15 is 0 Å². The third-order valence-corrected chi connectivity index (χ3v) is 5.13. The van der Waals surface area contributed by atoms with Gasteiger partial charge in [0.05, 0.1) is 0 Å². The van der Waals surface area contributed by atoms with Crippen molar-refractivity contribution in [1.29, 1.82) is 0 Å². The molecule has 0 radical (unpaired) electrons. The van der Waals surface area contributed by atoms with Crippen LogP contribution in [0.3, 0.4) is 0 Å². The van der Waals surface area contributed by atoms with E-state index in [0.717, 1.165) is 12.5 Å². The lowest BCUT2D eigenvalue weighted by Gasteiger charge is -2.25. The molecule has 1 aliphatic rings. The van der Waals surface area contributed by atoms with Crippen molar-refractivity contribution in [3.05, 3.63) is 34.9 Å². The summed E-state index contributed by atoms with van der Waals surface area (Å²) in [5.74, 6) is 3.54. The first-order valence-corrected chi connectivity index (χ1v) is 8.23. The zero-order chi connectivity index (χ0) is 13.0. The van der Waals surface area contributed by atoms with E-state index < -0.39 is 0 Å². The second kappa shape index (κ2) is 6.63. The quantitative estimate of drug-likeness (QED) is 0.871. The Morgan fingerprint density at radius 2 is 2.22 bits per heavy atom. The van der Waals surface area contributed by atoms with Gasteiger partial charge in [0.2, 0.25) is 0 Å². The third-order valence-electron chi connectivity index (χ3n) is 3.94. The maximum atomic E-state index is 3.71. The van der Waals surface area contributed by atoms with Gasteiger partial charge in [-0.15, -0.1) is 0 Å². The first-order chi connectivity index (χ1) is 8.70. The molecule has 18 heavy (non-hydrogen) atoms. The van der Waals surface area contributed by atoms with Crippen LogP contribution in [0.2, 0.25) is 0 Å². The molecule has 1 N–H and O–H groups in total. The lowest BCUT2D eigenvalue weighted by atomic mass is 9.90. The van der Waals surface area contributed by atoms with Gasteiger partial charge in [-0.25, -0.2) is 0 Å². The summed E-state index contributed by atoms with van der Waals surface area (Å²) < 4.78 is 0. The largest absolute Gasteiger partial charge is 0.314 e. The fourth-order valence-corrected chi connectivity index (χ4v) is 4.13. The highest BCUT2D eigenvalue weighted by Crippen LogP contribution is 2.28. The first-order valence-electron chi connectivity index (χ1n) is 7.08. The predicted octanol–water partition coefficient (Wildman–Crippen LogP) is 3.58. The summed E-state index contributed by atoms with van der Waals surface area (Å²) in [6.07, 6.45) is 2.57. The molecule has 2 atom stereocenters. The van der Waals surface area contributed by atoms with Crippen molar-refractivity contribution < 1.29 is 0 Å². The maximum Gasteiger partial charge on any atom is 0.0144 e. The van der Waals surface area contributed by atoms with E-state index in [1.165, 1.54) is 41.0 Å². The van der Waals surface area contributed by atoms with Crippen LogP contribution in [0.1, 0.15) is 30.0 Å². The standard InChI is InChI=1S/C16H25NS/c1-4-17-16(14-7-8-18-11-14)10-15-9-12(2)5-6-13(15)3/h5-6,9,14,16-17H,4,7-8,10-11H2,1-3H3. The second-order valence-electron chi connectivity index (χ2n) is 5.42. The number of aryl methyl sites for hydroxylation is 2. The minimum Gasteiger partial charge on any atom is -0.314 e. The van der Waals surface area contributed by atoms with Gasteiger partial charge in [0, 0.05) is 6.04 Å². The summed E-state index contributed by atoms with van der Waals surface area (Å²) in [6.45, 7) is 7.73. The van der Waals surface area contributed by atoms with Crippen LogP contribution in [0.5, 0.6) is 0 Å². The normalized spacial score (nSPS) is 21.2. The van der Waals surface area contributed by atoms with Crippen LogP contribution in [-0.4, -0.2) is 24.1 Å². The average Bonchev–Trinajstić information content (AvgIpc) is 2.87. The van der Waals surface area contributed by atoms with Gasteiger partial charge in [0.15, 0.2) is 0 Å². The Kier molecular flexibility index (Phi) is 5.13. The lowest BCUT2D eigenvalue weighted by Crippen LogP contribution is -2.38. The zero-order valence-corrected chi connectivity index (χ0v) is 12.6. The van der Waals surface area contributed by atoms with Gasteiger partial charge in [-0.1, -0.05) is 30.7 Å². The number of hydrogen-bond acceptors (Lipinski definition) is 2. The minimum atomic E-state index is 0.658. The van der Waals surface area contributed by atoms with E-state index in [4.69, 9.17) is 0 Å². The number of rotatable bonds is 5. The van der Waals surface area contributed by atoms with Crippen molar-refractivity contribution in [1.82, 2.24) is 5.32 Å². The van der Waals surface area contributed by atoms with Crippen LogP contribution in [0.4, 0.5) is 0 Å². The predicted molar refractivity (Wildman–Crippen MR) is 82.5 cm³/mol. The SMILES string of the molecule is CCNC(Cc1cc(C)ccc1C)C1CCSC1. The van der Waals surface area contributed by atoms with E-state index in [1.807, 2.05) is 0 Å². The van der Waals surface area contributed by atoms with Crippen LogP contribution < -0.4 is 5.32 Å². The van der Waals surface area contributed by atoms with Gasteiger partial charge in [0.25, 0.3) is 0 Å². The van der Waals surface area contributed by atoms with Crippen LogP contribution in [0, 0.1) is 19.8 Å². The number of hydrogen-bond donors (Lipinski definition) is 1. The number of likely N-dealkylation sites (N-methyl/N-ethyl adjacent to an activating group) is 1. The molecule has 0 amide bonds. The smallest absolute Gasteiger partial charge is 0.0144 e. The van der Waals surface area contributed by atoms with E-state index in [2.05, 4.69) is 56.0 Å². The highest BCUT2D eigenvalue weighted by molar-refractivity contribution is 7.99. The molecule has 1 nitrogen and oxygen atoms in total. The van der Waals surface area contributed by atoms with E-state index in [-0.39, 0.29) is 0 Å². The van der Waals surface area contributed by atoms with Gasteiger partial charge < -0.3 is 5.32 Å². The van der Waals surface area contributed by atoms with Crippen molar-refractivity contribution >= 4 is 11.8 Å². The summed E-state index contributed by atoms with van der Waals surface area (Å²) in [5.41, 5.74) is 4.35. The molecule has 1 heterocycles. The summed E-state index contributed by atoms with van der Waals surface area (Å²) in [6, 6.07) is 7.50. The van der Waals surface area contributed by atoms with Crippen LogP contribution >= 0.6 is 11.8 Å². The van der Waals surface area contributed by atoms with Gasteiger partial charge in [-0.05, 0) is 61.8 Å². The average molecular weight is 263 g/mol. The molecule has 1 saturated heterocycles. The highest BCUT2D eigenvalue weighted by Gasteiger charge is 2.25. The van der Waals surface area contributed by atoms with E-state index in [1.54, 1.807) is 0 Å². The molecule has 2 unspecified atom stereocenters. The molecule has 0 spiro atoms. The molecule has 1 aliphatic heterocycles. The van der Waals surface area contributed by atoms with Crippen molar-refractivity contribution in [3.63, 3.8) is 0 Å². The second-order valence-corrected chi connectivity index (χ2v) is 6.57.